The van der Waals surface area contributed by atoms with Crippen molar-refractivity contribution in [3.8, 4) is 0 Å². The lowest BCUT2D eigenvalue weighted by Gasteiger charge is -2.11. The van der Waals surface area contributed by atoms with Crippen molar-refractivity contribution >= 4 is 0 Å². The van der Waals surface area contributed by atoms with Crippen LogP contribution >= 0.6 is 0 Å². The molecule has 1 aliphatic carbocycles. The van der Waals surface area contributed by atoms with Crippen molar-refractivity contribution in [3.05, 3.63) is 18.0 Å². The molecular formula is C13H23N3. The zero-order valence-electron chi connectivity index (χ0n) is 10.4. The van der Waals surface area contributed by atoms with Gasteiger partial charge in [-0.1, -0.05) is 6.92 Å². The molecule has 0 aliphatic heterocycles. The van der Waals surface area contributed by atoms with E-state index in [1.165, 1.54) is 37.9 Å². The Kier molecular flexibility index (Phi) is 3.99. The molecule has 2 rings (SSSR count). The highest BCUT2D eigenvalue weighted by Crippen LogP contribution is 2.28. The predicted octanol–water partition coefficient (Wildman–Crippen LogP) is 2.13. The summed E-state index contributed by atoms with van der Waals surface area (Å²) in [5.74, 6) is 0.837. The number of nitrogens with zero attached hydrogens (tertiary/aromatic N) is 2. The molecule has 3 nitrogen and oxygen atoms in total. The van der Waals surface area contributed by atoms with Gasteiger partial charge in [0, 0.05) is 19.3 Å². The summed E-state index contributed by atoms with van der Waals surface area (Å²) in [6.45, 7) is 3.40. The van der Waals surface area contributed by atoms with Gasteiger partial charge in [-0.15, -0.1) is 0 Å². The van der Waals surface area contributed by atoms with Gasteiger partial charge in [-0.3, -0.25) is 4.68 Å². The van der Waals surface area contributed by atoms with Crippen LogP contribution in [0.3, 0.4) is 0 Å². The van der Waals surface area contributed by atoms with E-state index < -0.39 is 0 Å². The number of hydrogen-bond donors (Lipinski definition) is 1. The van der Waals surface area contributed by atoms with Gasteiger partial charge in [0.25, 0.3) is 0 Å². The molecule has 90 valence electrons. The largest absolute Gasteiger partial charge is 0.314 e. The van der Waals surface area contributed by atoms with E-state index in [0.29, 0.717) is 0 Å². The molecule has 1 aromatic rings. The second-order valence-corrected chi connectivity index (χ2v) is 5.01. The number of rotatable bonds is 5. The zero-order valence-corrected chi connectivity index (χ0v) is 10.4. The Hall–Kier alpha value is -0.830. The van der Waals surface area contributed by atoms with Crippen molar-refractivity contribution in [2.45, 2.75) is 45.1 Å². The summed E-state index contributed by atoms with van der Waals surface area (Å²) in [4.78, 5) is 0. The first-order valence-electron chi connectivity index (χ1n) is 6.50. The topological polar surface area (TPSA) is 29.9 Å². The van der Waals surface area contributed by atoms with Crippen LogP contribution in [0.5, 0.6) is 0 Å². The third kappa shape index (κ3) is 3.08. The molecule has 0 radical (unpaired) electrons. The minimum atomic E-state index is 0.758. The van der Waals surface area contributed by atoms with Gasteiger partial charge in [0.05, 0.1) is 5.69 Å². The molecule has 1 aliphatic rings. The average Bonchev–Trinajstić information content (AvgIpc) is 2.86. The van der Waals surface area contributed by atoms with Gasteiger partial charge in [-0.05, 0) is 50.6 Å². The zero-order chi connectivity index (χ0) is 11.4. The monoisotopic (exact) mass is 221 g/mol. The van der Waals surface area contributed by atoms with Gasteiger partial charge in [0.2, 0.25) is 0 Å². The van der Waals surface area contributed by atoms with E-state index in [-0.39, 0.29) is 0 Å². The predicted molar refractivity (Wildman–Crippen MR) is 66.3 cm³/mol. The Balaban J connectivity index is 1.76. The SMILES string of the molecule is CCCNC1CCC(Cc2ccn(C)n2)C1. The highest BCUT2D eigenvalue weighted by atomic mass is 15.2. The normalized spacial score (nSPS) is 25.1. The van der Waals surface area contributed by atoms with Gasteiger partial charge in [0.1, 0.15) is 0 Å². The Morgan fingerprint density at radius 1 is 1.50 bits per heavy atom. The second-order valence-electron chi connectivity index (χ2n) is 5.01. The first-order valence-corrected chi connectivity index (χ1v) is 6.50. The summed E-state index contributed by atoms with van der Waals surface area (Å²) in [5.41, 5.74) is 1.25. The average molecular weight is 221 g/mol. The van der Waals surface area contributed by atoms with Crippen LogP contribution in [0.1, 0.15) is 38.3 Å². The smallest absolute Gasteiger partial charge is 0.0627 e. The van der Waals surface area contributed by atoms with Gasteiger partial charge < -0.3 is 5.32 Å². The van der Waals surface area contributed by atoms with E-state index in [2.05, 4.69) is 23.4 Å². The Labute approximate surface area is 98.2 Å². The minimum Gasteiger partial charge on any atom is -0.314 e. The quantitative estimate of drug-likeness (QED) is 0.825. The lowest BCUT2D eigenvalue weighted by atomic mass is 10.0. The summed E-state index contributed by atoms with van der Waals surface area (Å²) < 4.78 is 1.90. The molecule has 0 saturated heterocycles. The summed E-state index contributed by atoms with van der Waals surface area (Å²) >= 11 is 0. The van der Waals surface area contributed by atoms with Crippen molar-refractivity contribution in [3.63, 3.8) is 0 Å². The molecule has 1 aromatic heterocycles. The Morgan fingerprint density at radius 3 is 3.06 bits per heavy atom. The van der Waals surface area contributed by atoms with E-state index in [1.807, 2.05) is 17.9 Å². The van der Waals surface area contributed by atoms with Crippen molar-refractivity contribution in [2.75, 3.05) is 6.54 Å². The first kappa shape index (κ1) is 11.6. The molecule has 1 saturated carbocycles. The number of nitrogens with one attached hydrogen (secondary N) is 1. The van der Waals surface area contributed by atoms with Crippen LogP contribution in [-0.4, -0.2) is 22.4 Å². The number of hydrogen-bond acceptors (Lipinski definition) is 2. The highest BCUT2D eigenvalue weighted by molar-refractivity contribution is 5.01. The lowest BCUT2D eigenvalue weighted by Crippen LogP contribution is -2.27. The molecule has 0 bridgehead atoms. The lowest BCUT2D eigenvalue weighted by molar-refractivity contribution is 0.480. The fourth-order valence-corrected chi connectivity index (χ4v) is 2.66. The van der Waals surface area contributed by atoms with Gasteiger partial charge >= 0.3 is 0 Å². The molecule has 1 fully saturated rings. The Bertz CT molecular complexity index is 319. The molecule has 16 heavy (non-hydrogen) atoms. The van der Waals surface area contributed by atoms with E-state index in [4.69, 9.17) is 0 Å². The number of aromatic nitrogens is 2. The van der Waals surface area contributed by atoms with E-state index in [1.54, 1.807) is 0 Å². The maximum Gasteiger partial charge on any atom is 0.0627 e. The molecular weight excluding hydrogens is 198 g/mol. The maximum atomic E-state index is 4.46. The molecule has 0 aromatic carbocycles. The fraction of sp³-hybridized carbons (Fsp3) is 0.769. The van der Waals surface area contributed by atoms with E-state index in [9.17, 15) is 0 Å². The van der Waals surface area contributed by atoms with Crippen molar-refractivity contribution in [1.29, 1.82) is 0 Å². The van der Waals surface area contributed by atoms with Crippen LogP contribution in [0, 0.1) is 5.92 Å². The fourth-order valence-electron chi connectivity index (χ4n) is 2.66. The third-order valence-corrected chi connectivity index (χ3v) is 3.49. The third-order valence-electron chi connectivity index (χ3n) is 3.49. The van der Waals surface area contributed by atoms with Gasteiger partial charge in [-0.25, -0.2) is 0 Å². The van der Waals surface area contributed by atoms with Crippen LogP contribution in [0.15, 0.2) is 12.3 Å². The van der Waals surface area contributed by atoms with E-state index in [0.717, 1.165) is 18.4 Å². The molecule has 2 atom stereocenters. The van der Waals surface area contributed by atoms with Crippen LogP contribution in [0.25, 0.3) is 0 Å². The standard InChI is InChI=1S/C13H23N3/c1-3-7-14-12-5-4-11(9-12)10-13-6-8-16(2)15-13/h6,8,11-12,14H,3-5,7,9-10H2,1-2H3. The molecule has 1 N–H and O–H groups in total. The molecule has 0 spiro atoms. The van der Waals surface area contributed by atoms with Crippen LogP contribution in [0.4, 0.5) is 0 Å². The van der Waals surface area contributed by atoms with Gasteiger partial charge in [0.15, 0.2) is 0 Å². The molecule has 1 heterocycles. The Morgan fingerprint density at radius 2 is 2.38 bits per heavy atom. The van der Waals surface area contributed by atoms with Crippen molar-refractivity contribution in [1.82, 2.24) is 15.1 Å². The van der Waals surface area contributed by atoms with Crippen LogP contribution in [-0.2, 0) is 13.5 Å². The van der Waals surface area contributed by atoms with Crippen molar-refractivity contribution in [2.24, 2.45) is 13.0 Å². The summed E-state index contributed by atoms with van der Waals surface area (Å²) in [7, 11) is 1.99. The summed E-state index contributed by atoms with van der Waals surface area (Å²) in [6.07, 6.45) is 8.47. The molecule has 2 unspecified atom stereocenters. The van der Waals surface area contributed by atoms with Gasteiger partial charge in [-0.2, -0.15) is 5.10 Å². The number of aryl methyl sites for hydroxylation is 1. The van der Waals surface area contributed by atoms with E-state index >= 15 is 0 Å². The maximum absolute atomic E-state index is 4.46. The first-order chi connectivity index (χ1) is 7.78. The van der Waals surface area contributed by atoms with Crippen LogP contribution in [0.2, 0.25) is 0 Å². The van der Waals surface area contributed by atoms with Crippen molar-refractivity contribution < 1.29 is 0 Å². The minimum absolute atomic E-state index is 0.758. The van der Waals surface area contributed by atoms with Crippen LogP contribution < -0.4 is 5.32 Å². The highest BCUT2D eigenvalue weighted by Gasteiger charge is 2.24. The molecule has 3 heteroatoms. The summed E-state index contributed by atoms with van der Waals surface area (Å²) in [6, 6.07) is 2.90. The second kappa shape index (κ2) is 5.48. The molecule has 0 amide bonds. The summed E-state index contributed by atoms with van der Waals surface area (Å²) in [5, 5.41) is 8.08.